The summed E-state index contributed by atoms with van der Waals surface area (Å²) in [4.78, 5) is 2.32. The molecule has 2 rings (SSSR count). The highest BCUT2D eigenvalue weighted by molar-refractivity contribution is 5.24. The summed E-state index contributed by atoms with van der Waals surface area (Å²) in [6.07, 6.45) is 0.399. The number of nitrogens with zero attached hydrogens (tertiary/aromatic N) is 1. The molecule has 0 aliphatic carbocycles. The number of hydrogen-bond donors (Lipinski definition) is 1. The van der Waals surface area contributed by atoms with Gasteiger partial charge in [0.2, 0.25) is 0 Å². The van der Waals surface area contributed by atoms with Gasteiger partial charge in [-0.05, 0) is 24.1 Å². The van der Waals surface area contributed by atoms with E-state index in [4.69, 9.17) is 4.74 Å². The van der Waals surface area contributed by atoms with Crippen molar-refractivity contribution in [3.63, 3.8) is 0 Å². The van der Waals surface area contributed by atoms with Crippen molar-refractivity contribution in [3.05, 3.63) is 35.4 Å². The van der Waals surface area contributed by atoms with Crippen LogP contribution < -0.4 is 0 Å². The highest BCUT2D eigenvalue weighted by atomic mass is 16.5. The predicted molar refractivity (Wildman–Crippen MR) is 72.6 cm³/mol. The summed E-state index contributed by atoms with van der Waals surface area (Å²) in [7, 11) is 0. The summed E-state index contributed by atoms with van der Waals surface area (Å²) < 4.78 is 5.69. The molecule has 1 aromatic rings. The molecule has 1 aromatic carbocycles. The summed E-state index contributed by atoms with van der Waals surface area (Å²) >= 11 is 0. The maximum Gasteiger partial charge on any atom is 0.106 e. The second-order valence-electron chi connectivity index (χ2n) is 4.84. The highest BCUT2D eigenvalue weighted by Crippen LogP contribution is 2.22. The smallest absolute Gasteiger partial charge is 0.106 e. The Morgan fingerprint density at radius 1 is 1.33 bits per heavy atom. The molecule has 0 aromatic heterocycles. The molecule has 3 nitrogen and oxygen atoms in total. The molecule has 1 aliphatic heterocycles. The van der Waals surface area contributed by atoms with Gasteiger partial charge in [0.25, 0.3) is 0 Å². The number of rotatable bonds is 4. The SMILES string of the molecule is CCc1ccc(C(O)C2CN(CC)CCO2)cc1. The van der Waals surface area contributed by atoms with E-state index in [9.17, 15) is 5.11 Å². The molecule has 1 saturated heterocycles. The van der Waals surface area contributed by atoms with E-state index in [-0.39, 0.29) is 6.10 Å². The summed E-state index contributed by atoms with van der Waals surface area (Å²) in [6.45, 7) is 7.78. The van der Waals surface area contributed by atoms with Crippen LogP contribution in [0, 0.1) is 0 Å². The maximum absolute atomic E-state index is 10.4. The molecule has 0 spiro atoms. The third-order valence-corrected chi connectivity index (χ3v) is 3.71. The Morgan fingerprint density at radius 2 is 2.06 bits per heavy atom. The fourth-order valence-corrected chi connectivity index (χ4v) is 2.38. The van der Waals surface area contributed by atoms with E-state index < -0.39 is 6.10 Å². The monoisotopic (exact) mass is 249 g/mol. The lowest BCUT2D eigenvalue weighted by Gasteiger charge is -2.34. The number of likely N-dealkylation sites (N-methyl/N-ethyl adjacent to an activating group) is 1. The number of morpholine rings is 1. The van der Waals surface area contributed by atoms with E-state index in [1.165, 1.54) is 5.56 Å². The Bertz CT molecular complexity index is 363. The first-order chi connectivity index (χ1) is 8.74. The molecule has 2 unspecified atom stereocenters. The van der Waals surface area contributed by atoms with Crippen LogP contribution in [0.5, 0.6) is 0 Å². The number of ether oxygens (including phenoxy) is 1. The molecule has 0 radical (unpaired) electrons. The number of aryl methyl sites for hydroxylation is 1. The zero-order valence-electron chi connectivity index (χ0n) is 11.3. The first-order valence-electron chi connectivity index (χ1n) is 6.85. The van der Waals surface area contributed by atoms with Crippen molar-refractivity contribution in [1.82, 2.24) is 4.90 Å². The summed E-state index contributed by atoms with van der Waals surface area (Å²) in [5.74, 6) is 0. The van der Waals surface area contributed by atoms with Gasteiger partial charge in [0.15, 0.2) is 0 Å². The zero-order chi connectivity index (χ0) is 13.0. The Morgan fingerprint density at radius 3 is 2.67 bits per heavy atom. The van der Waals surface area contributed by atoms with E-state index in [1.54, 1.807) is 0 Å². The summed E-state index contributed by atoms with van der Waals surface area (Å²) in [5, 5.41) is 10.4. The molecule has 1 fully saturated rings. The minimum atomic E-state index is -0.523. The first kappa shape index (κ1) is 13.5. The van der Waals surface area contributed by atoms with E-state index in [0.717, 1.165) is 31.6 Å². The normalized spacial score (nSPS) is 22.9. The van der Waals surface area contributed by atoms with Crippen LogP contribution in [-0.2, 0) is 11.2 Å². The standard InChI is InChI=1S/C15H23NO2/c1-3-12-5-7-13(8-6-12)15(17)14-11-16(4-2)9-10-18-14/h5-8,14-15,17H,3-4,9-11H2,1-2H3. The number of aliphatic hydroxyl groups excluding tert-OH is 1. The van der Waals surface area contributed by atoms with Crippen molar-refractivity contribution in [2.75, 3.05) is 26.2 Å². The average molecular weight is 249 g/mol. The minimum Gasteiger partial charge on any atom is -0.386 e. The number of hydrogen-bond acceptors (Lipinski definition) is 3. The molecule has 0 amide bonds. The van der Waals surface area contributed by atoms with Crippen LogP contribution in [0.4, 0.5) is 0 Å². The Kier molecular flexibility index (Phi) is 4.75. The fraction of sp³-hybridized carbons (Fsp3) is 0.600. The molecule has 3 heteroatoms. The third-order valence-electron chi connectivity index (χ3n) is 3.71. The van der Waals surface area contributed by atoms with Crippen LogP contribution >= 0.6 is 0 Å². The van der Waals surface area contributed by atoms with Gasteiger partial charge in [-0.1, -0.05) is 38.1 Å². The molecular formula is C15H23NO2. The lowest BCUT2D eigenvalue weighted by atomic mass is 10.0. The molecule has 0 bridgehead atoms. The zero-order valence-corrected chi connectivity index (χ0v) is 11.3. The molecule has 100 valence electrons. The van der Waals surface area contributed by atoms with Crippen molar-refractivity contribution < 1.29 is 9.84 Å². The molecule has 1 aliphatic rings. The average Bonchev–Trinajstić information content (AvgIpc) is 2.46. The van der Waals surface area contributed by atoms with Crippen molar-refractivity contribution in [1.29, 1.82) is 0 Å². The minimum absolute atomic E-state index is 0.105. The van der Waals surface area contributed by atoms with Crippen molar-refractivity contribution in [3.8, 4) is 0 Å². The molecule has 18 heavy (non-hydrogen) atoms. The van der Waals surface area contributed by atoms with Gasteiger partial charge in [-0.25, -0.2) is 0 Å². The molecule has 1 N–H and O–H groups in total. The lowest BCUT2D eigenvalue weighted by molar-refractivity contribution is -0.0888. The van der Waals surface area contributed by atoms with Gasteiger partial charge < -0.3 is 9.84 Å². The molecule has 2 atom stereocenters. The van der Waals surface area contributed by atoms with Gasteiger partial charge in [0, 0.05) is 13.1 Å². The Labute approximate surface area is 109 Å². The largest absolute Gasteiger partial charge is 0.386 e. The highest BCUT2D eigenvalue weighted by Gasteiger charge is 2.27. The molecule has 0 saturated carbocycles. The maximum atomic E-state index is 10.4. The number of benzene rings is 1. The summed E-state index contributed by atoms with van der Waals surface area (Å²) in [5.41, 5.74) is 2.25. The van der Waals surface area contributed by atoms with Gasteiger partial charge in [-0.15, -0.1) is 0 Å². The van der Waals surface area contributed by atoms with Gasteiger partial charge >= 0.3 is 0 Å². The molecular weight excluding hydrogens is 226 g/mol. The fourth-order valence-electron chi connectivity index (χ4n) is 2.38. The van der Waals surface area contributed by atoms with E-state index in [1.807, 2.05) is 12.1 Å². The van der Waals surface area contributed by atoms with Crippen LogP contribution in [-0.4, -0.2) is 42.4 Å². The van der Waals surface area contributed by atoms with Crippen molar-refractivity contribution >= 4 is 0 Å². The van der Waals surface area contributed by atoms with E-state index >= 15 is 0 Å². The van der Waals surface area contributed by atoms with Crippen LogP contribution in [0.3, 0.4) is 0 Å². The second kappa shape index (κ2) is 6.32. The van der Waals surface area contributed by atoms with Crippen LogP contribution in [0.1, 0.15) is 31.1 Å². The van der Waals surface area contributed by atoms with Crippen LogP contribution in [0.2, 0.25) is 0 Å². The summed E-state index contributed by atoms with van der Waals surface area (Å²) in [6, 6.07) is 8.19. The van der Waals surface area contributed by atoms with Crippen molar-refractivity contribution in [2.24, 2.45) is 0 Å². The van der Waals surface area contributed by atoms with E-state index in [0.29, 0.717) is 6.61 Å². The molecule has 1 heterocycles. The lowest BCUT2D eigenvalue weighted by Crippen LogP contribution is -2.44. The quantitative estimate of drug-likeness (QED) is 0.886. The Hall–Kier alpha value is -0.900. The van der Waals surface area contributed by atoms with Crippen LogP contribution in [0.15, 0.2) is 24.3 Å². The first-order valence-corrected chi connectivity index (χ1v) is 6.85. The predicted octanol–water partition coefficient (Wildman–Crippen LogP) is 2.00. The van der Waals surface area contributed by atoms with E-state index in [2.05, 4.69) is 30.9 Å². The third kappa shape index (κ3) is 3.10. The van der Waals surface area contributed by atoms with Gasteiger partial charge in [0.05, 0.1) is 6.61 Å². The van der Waals surface area contributed by atoms with Crippen molar-refractivity contribution in [2.45, 2.75) is 32.5 Å². The topological polar surface area (TPSA) is 32.7 Å². The van der Waals surface area contributed by atoms with Gasteiger partial charge in [0.1, 0.15) is 12.2 Å². The van der Waals surface area contributed by atoms with Gasteiger partial charge in [-0.2, -0.15) is 0 Å². The second-order valence-corrected chi connectivity index (χ2v) is 4.84. The Balaban J connectivity index is 2.02. The van der Waals surface area contributed by atoms with Crippen LogP contribution in [0.25, 0.3) is 0 Å². The van der Waals surface area contributed by atoms with Gasteiger partial charge in [-0.3, -0.25) is 4.90 Å². The number of aliphatic hydroxyl groups is 1.